The molecule has 2 aromatic heterocycles. The van der Waals surface area contributed by atoms with E-state index in [1.807, 2.05) is 35.4 Å². The smallest absolute Gasteiger partial charge is 0.102 e. The molecule has 0 saturated carbocycles. The molecule has 104 valence electrons. The van der Waals surface area contributed by atoms with Gasteiger partial charge in [-0.05, 0) is 24.5 Å². The van der Waals surface area contributed by atoms with E-state index in [2.05, 4.69) is 39.8 Å². The van der Waals surface area contributed by atoms with Gasteiger partial charge in [0.25, 0.3) is 0 Å². The number of hydrogen-bond donors (Lipinski definition) is 0. The predicted molar refractivity (Wildman–Crippen MR) is 78.3 cm³/mol. The molecule has 0 fully saturated rings. The minimum Gasteiger partial charge on any atom is -0.324 e. The number of aromatic nitrogens is 5. The van der Waals surface area contributed by atoms with Crippen LogP contribution in [0.25, 0.3) is 11.0 Å². The summed E-state index contributed by atoms with van der Waals surface area (Å²) in [7, 11) is 0. The van der Waals surface area contributed by atoms with Gasteiger partial charge in [0.05, 0.1) is 30.1 Å². The molecule has 5 heteroatoms. The van der Waals surface area contributed by atoms with Gasteiger partial charge in [-0.1, -0.05) is 31.2 Å². The Morgan fingerprint density at radius 3 is 2.90 bits per heavy atom. The molecule has 0 amide bonds. The standard InChI is InChI=1S/C15H19N5/c1-12(2)7-8-20-10-13(17-18-20)9-19-11-16-14-5-3-4-6-15(14)19/h3-6,10-12H,7-9H2,1-2H3. The third-order valence-corrected chi connectivity index (χ3v) is 3.38. The Morgan fingerprint density at radius 2 is 2.05 bits per heavy atom. The van der Waals surface area contributed by atoms with Crippen LogP contribution in [-0.2, 0) is 13.1 Å². The molecule has 0 saturated heterocycles. The molecule has 2 heterocycles. The molecule has 0 N–H and O–H groups in total. The molecule has 20 heavy (non-hydrogen) atoms. The van der Waals surface area contributed by atoms with Gasteiger partial charge in [-0.15, -0.1) is 5.10 Å². The van der Waals surface area contributed by atoms with Crippen molar-refractivity contribution < 1.29 is 0 Å². The highest BCUT2D eigenvalue weighted by atomic mass is 15.4. The van der Waals surface area contributed by atoms with Crippen LogP contribution < -0.4 is 0 Å². The highest BCUT2D eigenvalue weighted by molar-refractivity contribution is 5.74. The molecule has 0 radical (unpaired) electrons. The van der Waals surface area contributed by atoms with Crippen molar-refractivity contribution in [2.24, 2.45) is 5.92 Å². The van der Waals surface area contributed by atoms with E-state index in [0.717, 1.165) is 29.7 Å². The summed E-state index contributed by atoms with van der Waals surface area (Å²) < 4.78 is 4.03. The molecule has 0 atom stereocenters. The van der Waals surface area contributed by atoms with E-state index in [1.54, 1.807) is 0 Å². The zero-order chi connectivity index (χ0) is 13.9. The number of imidazole rings is 1. The maximum atomic E-state index is 4.39. The van der Waals surface area contributed by atoms with E-state index in [0.29, 0.717) is 12.5 Å². The zero-order valence-corrected chi connectivity index (χ0v) is 11.9. The van der Waals surface area contributed by atoms with Crippen LogP contribution in [0.1, 0.15) is 26.0 Å². The topological polar surface area (TPSA) is 48.5 Å². The second-order valence-electron chi connectivity index (χ2n) is 5.52. The van der Waals surface area contributed by atoms with Crippen LogP contribution in [0.15, 0.2) is 36.8 Å². The third-order valence-electron chi connectivity index (χ3n) is 3.38. The van der Waals surface area contributed by atoms with Crippen LogP contribution in [0.2, 0.25) is 0 Å². The molecule has 3 rings (SSSR count). The molecule has 0 aliphatic carbocycles. The fraction of sp³-hybridized carbons (Fsp3) is 0.400. The van der Waals surface area contributed by atoms with E-state index in [1.165, 1.54) is 0 Å². The zero-order valence-electron chi connectivity index (χ0n) is 11.9. The molecular weight excluding hydrogens is 250 g/mol. The van der Waals surface area contributed by atoms with Gasteiger partial charge in [-0.2, -0.15) is 0 Å². The van der Waals surface area contributed by atoms with Gasteiger partial charge in [-0.25, -0.2) is 4.98 Å². The number of aryl methyl sites for hydroxylation is 1. The minimum atomic E-state index is 0.681. The first-order valence-electron chi connectivity index (χ1n) is 7.01. The molecule has 0 unspecified atom stereocenters. The highest BCUT2D eigenvalue weighted by Crippen LogP contribution is 2.13. The Balaban J connectivity index is 1.74. The molecule has 0 bridgehead atoms. The molecular formula is C15H19N5. The number of rotatable bonds is 5. The van der Waals surface area contributed by atoms with Gasteiger partial charge in [-0.3, -0.25) is 4.68 Å². The molecule has 5 nitrogen and oxygen atoms in total. The lowest BCUT2D eigenvalue weighted by Crippen LogP contribution is -2.02. The van der Waals surface area contributed by atoms with Gasteiger partial charge >= 0.3 is 0 Å². The Bertz CT molecular complexity index is 695. The summed E-state index contributed by atoms with van der Waals surface area (Å²) in [6, 6.07) is 8.12. The predicted octanol–water partition coefficient (Wildman–Crippen LogP) is 2.72. The fourth-order valence-corrected chi connectivity index (χ4v) is 2.22. The Labute approximate surface area is 118 Å². The first-order valence-corrected chi connectivity index (χ1v) is 7.01. The molecule has 0 aliphatic rings. The van der Waals surface area contributed by atoms with Crippen LogP contribution in [0.3, 0.4) is 0 Å². The highest BCUT2D eigenvalue weighted by Gasteiger charge is 2.06. The van der Waals surface area contributed by atoms with E-state index in [9.17, 15) is 0 Å². The van der Waals surface area contributed by atoms with Crippen LogP contribution in [0.5, 0.6) is 0 Å². The van der Waals surface area contributed by atoms with Crippen LogP contribution in [0.4, 0.5) is 0 Å². The quantitative estimate of drug-likeness (QED) is 0.715. The van der Waals surface area contributed by atoms with Crippen molar-refractivity contribution in [3.63, 3.8) is 0 Å². The Morgan fingerprint density at radius 1 is 1.20 bits per heavy atom. The maximum absolute atomic E-state index is 4.39. The summed E-state index contributed by atoms with van der Waals surface area (Å²) in [6.45, 7) is 6.07. The molecule has 0 spiro atoms. The SMILES string of the molecule is CC(C)CCn1cc(Cn2cnc3ccccc32)nn1. The second-order valence-corrected chi connectivity index (χ2v) is 5.52. The number of hydrogen-bond acceptors (Lipinski definition) is 3. The summed E-state index contributed by atoms with van der Waals surface area (Å²) in [4.78, 5) is 4.39. The van der Waals surface area contributed by atoms with Crippen molar-refractivity contribution in [3.8, 4) is 0 Å². The van der Waals surface area contributed by atoms with Crippen molar-refractivity contribution in [1.82, 2.24) is 24.5 Å². The average molecular weight is 269 g/mol. The number of nitrogens with zero attached hydrogens (tertiary/aromatic N) is 5. The summed E-state index contributed by atoms with van der Waals surface area (Å²) in [5, 5.41) is 8.42. The average Bonchev–Trinajstić information content (AvgIpc) is 3.05. The molecule has 0 aliphatic heterocycles. The first-order chi connectivity index (χ1) is 9.72. The monoisotopic (exact) mass is 269 g/mol. The summed E-state index contributed by atoms with van der Waals surface area (Å²) in [5.74, 6) is 0.681. The largest absolute Gasteiger partial charge is 0.324 e. The van der Waals surface area contributed by atoms with Gasteiger partial charge in [0.2, 0.25) is 0 Å². The van der Waals surface area contributed by atoms with E-state index in [-0.39, 0.29) is 0 Å². The number of fused-ring (bicyclic) bond motifs is 1. The summed E-state index contributed by atoms with van der Waals surface area (Å²) in [6.07, 6.45) is 5.01. The first kappa shape index (κ1) is 12.8. The van der Waals surface area contributed by atoms with Gasteiger partial charge in [0.15, 0.2) is 0 Å². The van der Waals surface area contributed by atoms with Crippen LogP contribution in [-0.4, -0.2) is 24.5 Å². The lowest BCUT2D eigenvalue weighted by atomic mass is 10.1. The van der Waals surface area contributed by atoms with Gasteiger partial charge < -0.3 is 4.57 Å². The maximum Gasteiger partial charge on any atom is 0.102 e. The third kappa shape index (κ3) is 2.71. The summed E-state index contributed by atoms with van der Waals surface area (Å²) in [5.41, 5.74) is 3.11. The van der Waals surface area contributed by atoms with Crippen molar-refractivity contribution in [1.29, 1.82) is 0 Å². The van der Waals surface area contributed by atoms with Crippen LogP contribution in [0, 0.1) is 5.92 Å². The van der Waals surface area contributed by atoms with Crippen molar-refractivity contribution in [2.75, 3.05) is 0 Å². The Kier molecular flexibility index (Phi) is 3.50. The van der Waals surface area contributed by atoms with E-state index in [4.69, 9.17) is 0 Å². The van der Waals surface area contributed by atoms with E-state index >= 15 is 0 Å². The van der Waals surface area contributed by atoms with Crippen molar-refractivity contribution in [2.45, 2.75) is 33.4 Å². The fourth-order valence-electron chi connectivity index (χ4n) is 2.22. The number of benzene rings is 1. The normalized spacial score (nSPS) is 11.6. The summed E-state index contributed by atoms with van der Waals surface area (Å²) >= 11 is 0. The molecule has 3 aromatic rings. The number of para-hydroxylation sites is 2. The van der Waals surface area contributed by atoms with Crippen molar-refractivity contribution in [3.05, 3.63) is 42.5 Å². The second kappa shape index (κ2) is 5.45. The van der Waals surface area contributed by atoms with Gasteiger partial charge in [0.1, 0.15) is 5.69 Å². The minimum absolute atomic E-state index is 0.681. The molecule has 1 aromatic carbocycles. The van der Waals surface area contributed by atoms with Gasteiger partial charge in [0, 0.05) is 6.54 Å². The van der Waals surface area contributed by atoms with Crippen LogP contribution >= 0.6 is 0 Å². The Hall–Kier alpha value is -2.17. The lowest BCUT2D eigenvalue weighted by molar-refractivity contribution is 0.478. The lowest BCUT2D eigenvalue weighted by Gasteiger charge is -2.03. The van der Waals surface area contributed by atoms with E-state index < -0.39 is 0 Å². The van der Waals surface area contributed by atoms with Crippen molar-refractivity contribution >= 4 is 11.0 Å².